The molecule has 1 saturated carbocycles. The van der Waals surface area contributed by atoms with E-state index in [-0.39, 0.29) is 0 Å². The highest BCUT2D eigenvalue weighted by atomic mass is 32.2. The van der Waals surface area contributed by atoms with Crippen LogP contribution >= 0.6 is 0 Å². The second-order valence-corrected chi connectivity index (χ2v) is 12.5. The fourth-order valence-corrected chi connectivity index (χ4v) is 5.64. The van der Waals surface area contributed by atoms with Crippen molar-refractivity contribution < 1.29 is 8.42 Å². The predicted octanol–water partition coefficient (Wildman–Crippen LogP) is 6.16. The molecule has 0 amide bonds. The van der Waals surface area contributed by atoms with E-state index in [0.29, 0.717) is 11.7 Å². The van der Waals surface area contributed by atoms with Gasteiger partial charge in [-0.1, -0.05) is 45.1 Å². The molecule has 160 valence electrons. The van der Waals surface area contributed by atoms with Gasteiger partial charge in [0.25, 0.3) is 0 Å². The summed E-state index contributed by atoms with van der Waals surface area (Å²) in [5.74, 6) is 1.50. The van der Waals surface area contributed by atoms with Crippen molar-refractivity contribution >= 4 is 9.84 Å². The molecule has 0 N–H and O–H groups in total. The van der Waals surface area contributed by atoms with Crippen LogP contribution in [0.25, 0.3) is 0 Å². The number of hydrogen-bond acceptors (Lipinski definition) is 3. The zero-order valence-corrected chi connectivity index (χ0v) is 19.4. The van der Waals surface area contributed by atoms with Crippen LogP contribution in [0.2, 0.25) is 0 Å². The lowest BCUT2D eigenvalue weighted by atomic mass is 9.80. The summed E-state index contributed by atoms with van der Waals surface area (Å²) >= 11 is 0. The molecule has 1 heterocycles. The van der Waals surface area contributed by atoms with Gasteiger partial charge in [-0.15, -0.1) is 0 Å². The predicted molar refractivity (Wildman–Crippen MR) is 119 cm³/mol. The molecule has 1 aromatic rings. The molecule has 0 radical (unpaired) electrons. The van der Waals surface area contributed by atoms with Crippen molar-refractivity contribution in [3.05, 3.63) is 29.6 Å². The van der Waals surface area contributed by atoms with Gasteiger partial charge in [0.1, 0.15) is 0 Å². The zero-order chi connectivity index (χ0) is 20.6. The second-order valence-electron chi connectivity index (χ2n) is 9.75. The molecular formula is C24H41NO2S. The molecule has 1 aromatic heterocycles. The molecule has 1 aliphatic rings. The number of aromatic nitrogens is 1. The van der Waals surface area contributed by atoms with Crippen LogP contribution in [0.3, 0.4) is 0 Å². The lowest BCUT2D eigenvalue weighted by Crippen LogP contribution is -2.34. The third-order valence-corrected chi connectivity index (χ3v) is 9.08. The van der Waals surface area contributed by atoms with Gasteiger partial charge >= 0.3 is 0 Å². The summed E-state index contributed by atoms with van der Waals surface area (Å²) in [5.41, 5.74) is 2.48. The molecule has 0 aliphatic heterocycles. The summed E-state index contributed by atoms with van der Waals surface area (Å²) in [7, 11) is -2.99. The Morgan fingerprint density at radius 3 is 2.07 bits per heavy atom. The van der Waals surface area contributed by atoms with Crippen molar-refractivity contribution in [2.45, 2.75) is 103 Å². The monoisotopic (exact) mass is 407 g/mol. The van der Waals surface area contributed by atoms with Gasteiger partial charge in [0.05, 0.1) is 10.5 Å². The van der Waals surface area contributed by atoms with E-state index in [2.05, 4.69) is 25.1 Å². The van der Waals surface area contributed by atoms with Crippen LogP contribution in [0.15, 0.2) is 18.2 Å². The molecule has 1 fully saturated rings. The van der Waals surface area contributed by atoms with Crippen molar-refractivity contribution in [1.29, 1.82) is 0 Å². The first kappa shape index (κ1) is 23.4. The molecule has 0 atom stereocenters. The maximum Gasteiger partial charge on any atom is 0.155 e. The number of sulfone groups is 1. The molecule has 0 saturated heterocycles. The van der Waals surface area contributed by atoms with Crippen LogP contribution < -0.4 is 0 Å². The fourth-order valence-electron chi connectivity index (χ4n) is 4.18. The molecule has 0 aromatic carbocycles. The minimum absolute atomic E-state index is 0.363. The van der Waals surface area contributed by atoms with Crippen molar-refractivity contribution in [2.24, 2.45) is 11.8 Å². The molecule has 0 spiro atoms. The zero-order valence-electron chi connectivity index (χ0n) is 18.5. The minimum Gasteiger partial charge on any atom is -0.258 e. The Kier molecular flexibility index (Phi) is 8.98. The Morgan fingerprint density at radius 1 is 0.929 bits per heavy atom. The van der Waals surface area contributed by atoms with Crippen molar-refractivity contribution in [2.75, 3.05) is 5.75 Å². The highest BCUT2D eigenvalue weighted by molar-refractivity contribution is 7.92. The molecule has 3 nitrogen and oxygen atoms in total. The number of hydrogen-bond donors (Lipinski definition) is 0. The third kappa shape index (κ3) is 7.50. The molecule has 2 rings (SSSR count). The van der Waals surface area contributed by atoms with E-state index < -0.39 is 14.6 Å². The molecule has 4 heteroatoms. The highest BCUT2D eigenvalue weighted by Crippen LogP contribution is 2.34. The number of unbranched alkanes of at least 4 members (excludes halogenated alkanes) is 2. The molecule has 0 bridgehead atoms. The highest BCUT2D eigenvalue weighted by Gasteiger charge is 2.33. The number of nitrogens with zero attached hydrogens (tertiary/aromatic N) is 1. The Bertz CT molecular complexity index is 683. The SMILES string of the molecule is CCCCCc1cccc(CCCC2CCC(CS(=O)(=O)C(C)(C)C)CC2)n1. The van der Waals surface area contributed by atoms with Crippen LogP contribution in [0.5, 0.6) is 0 Å². The lowest BCUT2D eigenvalue weighted by Gasteiger charge is -2.30. The van der Waals surface area contributed by atoms with Gasteiger partial charge < -0.3 is 0 Å². The minimum atomic E-state index is -2.99. The van der Waals surface area contributed by atoms with E-state index in [1.807, 2.05) is 20.8 Å². The van der Waals surface area contributed by atoms with E-state index in [9.17, 15) is 8.42 Å². The smallest absolute Gasteiger partial charge is 0.155 e. The van der Waals surface area contributed by atoms with Crippen LogP contribution in [-0.2, 0) is 22.7 Å². The van der Waals surface area contributed by atoms with Crippen molar-refractivity contribution in [3.63, 3.8) is 0 Å². The van der Waals surface area contributed by atoms with Gasteiger partial charge in [-0.3, -0.25) is 4.98 Å². The average molecular weight is 408 g/mol. The third-order valence-electron chi connectivity index (χ3n) is 6.30. The van der Waals surface area contributed by atoms with E-state index in [0.717, 1.165) is 31.6 Å². The molecule has 0 unspecified atom stereocenters. The largest absolute Gasteiger partial charge is 0.258 e. The van der Waals surface area contributed by atoms with E-state index in [4.69, 9.17) is 4.98 Å². The molecule has 1 aliphatic carbocycles. The van der Waals surface area contributed by atoms with Crippen LogP contribution in [-0.4, -0.2) is 23.9 Å². The lowest BCUT2D eigenvalue weighted by molar-refractivity contribution is 0.274. The number of rotatable bonds is 10. The van der Waals surface area contributed by atoms with E-state index >= 15 is 0 Å². The Morgan fingerprint density at radius 2 is 1.50 bits per heavy atom. The summed E-state index contributed by atoms with van der Waals surface area (Å²) in [5, 5.41) is 0. The fraction of sp³-hybridized carbons (Fsp3) is 0.792. The maximum absolute atomic E-state index is 12.4. The molecular weight excluding hydrogens is 366 g/mol. The molecule has 28 heavy (non-hydrogen) atoms. The van der Waals surface area contributed by atoms with Gasteiger partial charge in [-0.2, -0.15) is 0 Å². The van der Waals surface area contributed by atoms with Gasteiger partial charge in [-0.25, -0.2) is 8.42 Å². The van der Waals surface area contributed by atoms with Gasteiger partial charge in [0.15, 0.2) is 9.84 Å². The Labute approximate surface area is 173 Å². The van der Waals surface area contributed by atoms with Crippen molar-refractivity contribution in [1.82, 2.24) is 4.98 Å². The number of aryl methyl sites for hydroxylation is 2. The standard InChI is InChI=1S/C24H41NO2S/c1-5-6-7-11-22-13-9-14-23(25-22)12-8-10-20-15-17-21(18-16-20)19-28(26,27)24(2,3)4/h9,13-14,20-21H,5-8,10-12,15-19H2,1-4H3. The van der Waals surface area contributed by atoms with E-state index in [1.54, 1.807) is 0 Å². The quantitative estimate of drug-likeness (QED) is 0.437. The average Bonchev–Trinajstić information content (AvgIpc) is 2.63. The van der Waals surface area contributed by atoms with Gasteiger partial charge in [0.2, 0.25) is 0 Å². The summed E-state index contributed by atoms with van der Waals surface area (Å²) < 4.78 is 24.2. The Hall–Kier alpha value is -0.900. The maximum atomic E-state index is 12.4. The summed E-state index contributed by atoms with van der Waals surface area (Å²) in [4.78, 5) is 4.84. The summed E-state index contributed by atoms with van der Waals surface area (Å²) in [6.07, 6.45) is 12.9. The van der Waals surface area contributed by atoms with Gasteiger partial charge in [-0.05, 0) is 83.3 Å². The number of pyridine rings is 1. The summed E-state index contributed by atoms with van der Waals surface area (Å²) in [6.45, 7) is 7.70. The topological polar surface area (TPSA) is 47.0 Å². The second kappa shape index (κ2) is 10.8. The van der Waals surface area contributed by atoms with Gasteiger partial charge in [0, 0.05) is 11.4 Å². The first-order valence-electron chi connectivity index (χ1n) is 11.4. The van der Waals surface area contributed by atoms with E-state index in [1.165, 1.54) is 56.3 Å². The van der Waals surface area contributed by atoms with Crippen LogP contribution in [0, 0.1) is 11.8 Å². The van der Waals surface area contributed by atoms with Crippen LogP contribution in [0.4, 0.5) is 0 Å². The van der Waals surface area contributed by atoms with Crippen LogP contribution in [0.1, 0.15) is 96.9 Å². The first-order valence-corrected chi connectivity index (χ1v) is 13.0. The Balaban J connectivity index is 1.70. The first-order chi connectivity index (χ1) is 13.2. The van der Waals surface area contributed by atoms with Crippen molar-refractivity contribution in [3.8, 4) is 0 Å². The summed E-state index contributed by atoms with van der Waals surface area (Å²) in [6, 6.07) is 6.48. The normalized spacial score (nSPS) is 21.0.